The Morgan fingerprint density at radius 1 is 1.17 bits per heavy atom. The molecule has 0 spiro atoms. The number of rotatable bonds is 4. The average molecular weight is 247 g/mol. The quantitative estimate of drug-likeness (QED) is 0.657. The van der Waals surface area contributed by atoms with Gasteiger partial charge in [0.2, 0.25) is 5.91 Å². The van der Waals surface area contributed by atoms with Crippen LogP contribution in [-0.2, 0) is 14.3 Å². The van der Waals surface area contributed by atoms with Gasteiger partial charge in [-0.2, -0.15) is 0 Å². The summed E-state index contributed by atoms with van der Waals surface area (Å²) in [5.74, 6) is -0.466. The smallest absolute Gasteiger partial charge is 0.330 e. The number of benzene rings is 1. The lowest BCUT2D eigenvalue weighted by atomic mass is 10.0. The van der Waals surface area contributed by atoms with E-state index in [1.54, 1.807) is 0 Å². The van der Waals surface area contributed by atoms with Gasteiger partial charge in [-0.3, -0.25) is 4.79 Å². The predicted molar refractivity (Wildman–Crippen MR) is 70.3 cm³/mol. The third-order valence-corrected chi connectivity index (χ3v) is 2.42. The van der Waals surface area contributed by atoms with Crippen LogP contribution in [0.5, 0.6) is 0 Å². The first kappa shape index (κ1) is 14.0. The Bertz CT molecular complexity index is 447. The van der Waals surface area contributed by atoms with E-state index >= 15 is 0 Å². The average Bonchev–Trinajstić information content (AvgIpc) is 2.36. The van der Waals surface area contributed by atoms with Crippen LogP contribution >= 0.6 is 0 Å². The number of ether oxygens (including phenoxy) is 1. The molecule has 0 aliphatic carbocycles. The standard InChI is InChI=1S/C14H17NO3/c1-10(2)11-4-6-12(7-5-11)15-13(16)8-9-14(17)18-3/h4-10H,1-3H3,(H,15,16)/b9-8+. The normalized spacial score (nSPS) is 10.7. The maximum absolute atomic E-state index is 11.4. The molecule has 4 heteroatoms. The zero-order chi connectivity index (χ0) is 13.5. The molecule has 0 saturated carbocycles. The molecule has 1 N–H and O–H groups in total. The van der Waals surface area contributed by atoms with Gasteiger partial charge in [-0.05, 0) is 23.6 Å². The van der Waals surface area contributed by atoms with Gasteiger partial charge in [-0.1, -0.05) is 26.0 Å². The van der Waals surface area contributed by atoms with Crippen LogP contribution in [0, 0.1) is 0 Å². The number of hydrogen-bond donors (Lipinski definition) is 1. The topological polar surface area (TPSA) is 55.4 Å². The summed E-state index contributed by atoms with van der Waals surface area (Å²) in [6.45, 7) is 4.21. The van der Waals surface area contributed by atoms with Crippen LogP contribution < -0.4 is 5.32 Å². The summed E-state index contributed by atoms with van der Waals surface area (Å²) in [6, 6.07) is 7.59. The van der Waals surface area contributed by atoms with Crippen molar-refractivity contribution in [3.63, 3.8) is 0 Å². The molecule has 0 aliphatic heterocycles. The fourth-order valence-electron chi connectivity index (χ4n) is 1.35. The van der Waals surface area contributed by atoms with E-state index in [0.29, 0.717) is 11.6 Å². The monoisotopic (exact) mass is 247 g/mol. The first-order valence-corrected chi connectivity index (χ1v) is 5.70. The largest absolute Gasteiger partial charge is 0.466 e. The van der Waals surface area contributed by atoms with E-state index in [9.17, 15) is 9.59 Å². The van der Waals surface area contributed by atoms with Crippen molar-refractivity contribution < 1.29 is 14.3 Å². The van der Waals surface area contributed by atoms with Gasteiger partial charge in [-0.15, -0.1) is 0 Å². The second kappa shape index (κ2) is 6.59. The predicted octanol–water partition coefficient (Wildman–Crippen LogP) is 2.48. The molecule has 1 aromatic rings. The molecule has 96 valence electrons. The van der Waals surface area contributed by atoms with Crippen LogP contribution in [0.1, 0.15) is 25.3 Å². The van der Waals surface area contributed by atoms with Crippen molar-refractivity contribution in [3.8, 4) is 0 Å². The highest BCUT2D eigenvalue weighted by molar-refractivity contribution is 6.02. The molecule has 0 heterocycles. The lowest BCUT2D eigenvalue weighted by Gasteiger charge is -2.07. The van der Waals surface area contributed by atoms with Crippen molar-refractivity contribution >= 4 is 17.6 Å². The number of amides is 1. The number of carbonyl (C=O) groups excluding carboxylic acids is 2. The van der Waals surface area contributed by atoms with E-state index < -0.39 is 5.97 Å². The van der Waals surface area contributed by atoms with Crippen LogP contribution in [0.25, 0.3) is 0 Å². The lowest BCUT2D eigenvalue weighted by Crippen LogP contribution is -2.09. The number of anilines is 1. The molecular formula is C14H17NO3. The number of hydrogen-bond acceptors (Lipinski definition) is 3. The Labute approximate surface area is 107 Å². The van der Waals surface area contributed by atoms with Gasteiger partial charge < -0.3 is 10.1 Å². The van der Waals surface area contributed by atoms with Gasteiger partial charge >= 0.3 is 5.97 Å². The van der Waals surface area contributed by atoms with Gasteiger partial charge in [0.1, 0.15) is 0 Å². The second-order valence-corrected chi connectivity index (χ2v) is 4.12. The van der Waals surface area contributed by atoms with Gasteiger partial charge in [0, 0.05) is 17.8 Å². The van der Waals surface area contributed by atoms with E-state index in [2.05, 4.69) is 23.9 Å². The van der Waals surface area contributed by atoms with Gasteiger partial charge in [0.15, 0.2) is 0 Å². The molecular weight excluding hydrogens is 230 g/mol. The molecule has 0 radical (unpaired) electrons. The molecule has 0 fully saturated rings. The van der Waals surface area contributed by atoms with Crippen LogP contribution in [-0.4, -0.2) is 19.0 Å². The third kappa shape index (κ3) is 4.41. The summed E-state index contributed by atoms with van der Waals surface area (Å²) in [7, 11) is 1.26. The van der Waals surface area contributed by atoms with E-state index in [0.717, 1.165) is 12.2 Å². The number of esters is 1. The minimum atomic E-state index is -0.555. The van der Waals surface area contributed by atoms with Crippen molar-refractivity contribution in [1.29, 1.82) is 0 Å². The van der Waals surface area contributed by atoms with Crippen LogP contribution in [0.4, 0.5) is 5.69 Å². The molecule has 0 atom stereocenters. The molecule has 1 amide bonds. The fourth-order valence-corrected chi connectivity index (χ4v) is 1.35. The highest BCUT2D eigenvalue weighted by atomic mass is 16.5. The van der Waals surface area contributed by atoms with E-state index in [1.807, 2.05) is 24.3 Å². The maximum Gasteiger partial charge on any atom is 0.330 e. The summed E-state index contributed by atoms with van der Waals surface area (Å²) in [5, 5.41) is 2.65. The first-order valence-electron chi connectivity index (χ1n) is 5.70. The van der Waals surface area contributed by atoms with Crippen molar-refractivity contribution in [1.82, 2.24) is 0 Å². The second-order valence-electron chi connectivity index (χ2n) is 4.12. The molecule has 0 aromatic heterocycles. The molecule has 4 nitrogen and oxygen atoms in total. The minimum absolute atomic E-state index is 0.363. The van der Waals surface area contributed by atoms with Gasteiger partial charge in [0.25, 0.3) is 0 Å². The molecule has 0 bridgehead atoms. The fraction of sp³-hybridized carbons (Fsp3) is 0.286. The Balaban J connectivity index is 2.60. The summed E-state index contributed by atoms with van der Waals surface area (Å²) in [5.41, 5.74) is 1.90. The number of nitrogens with one attached hydrogen (secondary N) is 1. The van der Waals surface area contributed by atoms with Crippen LogP contribution in [0.15, 0.2) is 36.4 Å². The lowest BCUT2D eigenvalue weighted by molar-refractivity contribution is -0.135. The van der Waals surface area contributed by atoms with Crippen LogP contribution in [0.2, 0.25) is 0 Å². The number of methoxy groups -OCH3 is 1. The zero-order valence-corrected chi connectivity index (χ0v) is 10.8. The summed E-state index contributed by atoms with van der Waals surface area (Å²) in [4.78, 5) is 22.2. The summed E-state index contributed by atoms with van der Waals surface area (Å²) < 4.78 is 4.39. The third-order valence-electron chi connectivity index (χ3n) is 2.42. The molecule has 0 aliphatic rings. The zero-order valence-electron chi connectivity index (χ0n) is 10.8. The first-order chi connectivity index (χ1) is 8.52. The Hall–Kier alpha value is -2.10. The Kier molecular flexibility index (Phi) is 5.11. The Morgan fingerprint density at radius 3 is 2.28 bits per heavy atom. The summed E-state index contributed by atoms with van der Waals surface area (Å²) in [6.07, 6.45) is 2.22. The molecule has 18 heavy (non-hydrogen) atoms. The SMILES string of the molecule is COC(=O)/C=C/C(=O)Nc1ccc(C(C)C)cc1. The van der Waals surface area contributed by atoms with Crippen molar-refractivity contribution in [2.45, 2.75) is 19.8 Å². The molecule has 0 saturated heterocycles. The molecule has 0 unspecified atom stereocenters. The van der Waals surface area contributed by atoms with Crippen LogP contribution in [0.3, 0.4) is 0 Å². The molecule has 1 rings (SSSR count). The minimum Gasteiger partial charge on any atom is -0.466 e. The van der Waals surface area contributed by atoms with Gasteiger partial charge in [-0.25, -0.2) is 4.79 Å². The Morgan fingerprint density at radius 2 is 1.78 bits per heavy atom. The number of carbonyl (C=O) groups is 2. The maximum atomic E-state index is 11.4. The van der Waals surface area contributed by atoms with E-state index in [1.165, 1.54) is 12.7 Å². The molecule has 1 aromatic carbocycles. The van der Waals surface area contributed by atoms with Crippen molar-refractivity contribution in [3.05, 3.63) is 42.0 Å². The summed E-state index contributed by atoms with van der Waals surface area (Å²) >= 11 is 0. The van der Waals surface area contributed by atoms with E-state index in [4.69, 9.17) is 0 Å². The van der Waals surface area contributed by atoms with Gasteiger partial charge in [0.05, 0.1) is 7.11 Å². The van der Waals surface area contributed by atoms with E-state index in [-0.39, 0.29) is 5.91 Å². The van der Waals surface area contributed by atoms with Crippen molar-refractivity contribution in [2.75, 3.05) is 12.4 Å². The highest BCUT2D eigenvalue weighted by Gasteiger charge is 2.01. The van der Waals surface area contributed by atoms with Crippen molar-refractivity contribution in [2.24, 2.45) is 0 Å². The highest BCUT2D eigenvalue weighted by Crippen LogP contribution is 2.16.